The van der Waals surface area contributed by atoms with Gasteiger partial charge in [-0.1, -0.05) is 41.9 Å². The molecular formula is C31H25ClFN5O4. The van der Waals surface area contributed by atoms with Crippen molar-refractivity contribution in [3.63, 3.8) is 0 Å². The fraction of sp³-hybridized carbons (Fsp3) is 0.161. The Hall–Kier alpha value is -4.98. The van der Waals surface area contributed by atoms with Crippen LogP contribution in [0.2, 0.25) is 5.02 Å². The summed E-state index contributed by atoms with van der Waals surface area (Å²) in [5.41, 5.74) is 1.23. The second-order valence-corrected chi connectivity index (χ2v) is 10.1. The molecular weight excluding hydrogens is 561 g/mol. The van der Waals surface area contributed by atoms with Crippen molar-refractivity contribution in [2.24, 2.45) is 0 Å². The zero-order valence-corrected chi connectivity index (χ0v) is 23.1. The Kier molecular flexibility index (Phi) is 8.33. The summed E-state index contributed by atoms with van der Waals surface area (Å²) in [6, 6.07) is 21.5. The lowest BCUT2D eigenvalue weighted by Gasteiger charge is -2.24. The Morgan fingerprint density at radius 3 is 2.43 bits per heavy atom. The van der Waals surface area contributed by atoms with Crippen LogP contribution in [0.4, 0.5) is 20.6 Å². The Bertz CT molecular complexity index is 1740. The lowest BCUT2D eigenvalue weighted by molar-refractivity contribution is -0.119. The predicted molar refractivity (Wildman–Crippen MR) is 157 cm³/mol. The van der Waals surface area contributed by atoms with Gasteiger partial charge in [-0.2, -0.15) is 5.26 Å². The van der Waals surface area contributed by atoms with Crippen LogP contribution in [-0.4, -0.2) is 47.2 Å². The van der Waals surface area contributed by atoms with E-state index in [9.17, 15) is 19.6 Å². The number of hydrogen-bond donors (Lipinski definition) is 2. The molecule has 0 spiro atoms. The third-order valence-corrected chi connectivity index (χ3v) is 7.24. The topological polar surface area (TPSA) is 116 Å². The quantitative estimate of drug-likeness (QED) is 0.313. The average molecular weight is 586 g/mol. The predicted octanol–water partition coefficient (Wildman–Crippen LogP) is 5.43. The molecule has 1 aliphatic heterocycles. The van der Waals surface area contributed by atoms with Crippen molar-refractivity contribution in [1.82, 2.24) is 9.47 Å². The molecule has 0 radical (unpaired) electrons. The summed E-state index contributed by atoms with van der Waals surface area (Å²) < 4.78 is 21.9. The van der Waals surface area contributed by atoms with Crippen molar-refractivity contribution in [1.29, 1.82) is 5.26 Å². The molecule has 9 nitrogen and oxygen atoms in total. The van der Waals surface area contributed by atoms with E-state index in [-0.39, 0.29) is 36.0 Å². The zero-order valence-electron chi connectivity index (χ0n) is 22.4. The van der Waals surface area contributed by atoms with Crippen LogP contribution in [0.1, 0.15) is 12.0 Å². The van der Waals surface area contributed by atoms with Crippen molar-refractivity contribution in [3.05, 3.63) is 112 Å². The maximum Gasteiger partial charge on any atom is 0.322 e. The van der Waals surface area contributed by atoms with Crippen LogP contribution in [-0.2, 0) is 9.53 Å². The molecule has 1 aromatic heterocycles. The van der Waals surface area contributed by atoms with Gasteiger partial charge in [-0.05, 0) is 53.6 Å². The number of nitriles is 1. The Morgan fingerprint density at radius 1 is 1.02 bits per heavy atom. The molecule has 3 aromatic carbocycles. The van der Waals surface area contributed by atoms with Gasteiger partial charge in [0, 0.05) is 43.0 Å². The number of methoxy groups -OCH3 is 1. The number of benzene rings is 3. The molecule has 0 unspecified atom stereocenters. The summed E-state index contributed by atoms with van der Waals surface area (Å²) in [6.45, 7) is 0.164. The number of likely N-dealkylation sites (tertiary alicyclic amines) is 1. The van der Waals surface area contributed by atoms with Gasteiger partial charge < -0.3 is 20.3 Å². The number of nitrogens with zero attached hydrogens (tertiary/aromatic N) is 3. The van der Waals surface area contributed by atoms with Gasteiger partial charge in [0.2, 0.25) is 5.91 Å². The van der Waals surface area contributed by atoms with Crippen LogP contribution in [0.25, 0.3) is 16.8 Å². The van der Waals surface area contributed by atoms with Gasteiger partial charge in [0.05, 0.1) is 17.5 Å². The highest BCUT2D eigenvalue weighted by atomic mass is 35.5. The van der Waals surface area contributed by atoms with E-state index in [0.29, 0.717) is 16.3 Å². The van der Waals surface area contributed by atoms with Crippen molar-refractivity contribution in [3.8, 4) is 22.9 Å². The molecule has 1 saturated heterocycles. The number of carbonyl (C=O) groups is 2. The smallest absolute Gasteiger partial charge is 0.322 e. The molecule has 0 aliphatic carbocycles. The number of rotatable bonds is 6. The third-order valence-electron chi connectivity index (χ3n) is 6.99. The SMILES string of the molecule is CO[C@@H]1C[C@H](C(=O)Nc2ccc(-n3cc(-c4ccccc4)cc(C#N)c3=O)cc2F)N(C(=O)Nc2ccc(Cl)cc2)C1. The summed E-state index contributed by atoms with van der Waals surface area (Å²) in [5, 5.41) is 15.3. The first-order valence-electron chi connectivity index (χ1n) is 13.0. The lowest BCUT2D eigenvalue weighted by atomic mass is 10.1. The summed E-state index contributed by atoms with van der Waals surface area (Å²) in [6.07, 6.45) is 1.36. The number of pyridine rings is 1. The number of anilines is 2. The summed E-state index contributed by atoms with van der Waals surface area (Å²) in [5.74, 6) is -1.39. The monoisotopic (exact) mass is 585 g/mol. The van der Waals surface area contributed by atoms with Crippen molar-refractivity contribution in [2.75, 3.05) is 24.3 Å². The highest BCUT2D eigenvalue weighted by Gasteiger charge is 2.40. The fourth-order valence-electron chi connectivity index (χ4n) is 4.78. The first kappa shape index (κ1) is 28.5. The number of amides is 3. The standard InChI is InChI=1S/C31H25ClFN5O4/c1-42-25-15-28(38(18-25)31(41)35-23-9-7-22(32)8-10-23)29(39)36-27-12-11-24(14-26(27)33)37-17-21(13-20(16-34)30(37)40)19-5-3-2-4-6-19/h2-14,17,25,28H,15,18H2,1H3,(H,35,41)(H,36,39)/t25-,28-/m1/s1. The van der Waals surface area contributed by atoms with Gasteiger partial charge in [0.25, 0.3) is 5.56 Å². The number of hydrogen-bond acceptors (Lipinski definition) is 5. The van der Waals surface area contributed by atoms with Crippen molar-refractivity contribution in [2.45, 2.75) is 18.6 Å². The number of halogens is 2. The summed E-state index contributed by atoms with van der Waals surface area (Å²) in [4.78, 5) is 40.6. The van der Waals surface area contributed by atoms with E-state index in [1.807, 2.05) is 36.4 Å². The van der Waals surface area contributed by atoms with Gasteiger partial charge in [0.15, 0.2) is 0 Å². The third kappa shape index (κ3) is 6.02. The molecule has 2 heterocycles. The number of urea groups is 1. The average Bonchev–Trinajstić information content (AvgIpc) is 3.45. The number of nitrogens with one attached hydrogen (secondary N) is 2. The minimum Gasteiger partial charge on any atom is -0.380 e. The maximum atomic E-state index is 15.3. The van der Waals surface area contributed by atoms with E-state index in [0.717, 1.165) is 11.6 Å². The van der Waals surface area contributed by atoms with Crippen LogP contribution in [0.3, 0.4) is 0 Å². The van der Waals surface area contributed by atoms with Crippen LogP contribution < -0.4 is 16.2 Å². The van der Waals surface area contributed by atoms with Crippen LogP contribution in [0.15, 0.2) is 89.9 Å². The molecule has 4 aromatic rings. The second-order valence-electron chi connectivity index (χ2n) is 9.65. The molecule has 212 valence electrons. The minimum absolute atomic E-state index is 0.0972. The van der Waals surface area contributed by atoms with Crippen LogP contribution in [0, 0.1) is 17.1 Å². The molecule has 11 heteroatoms. The molecule has 2 atom stereocenters. The largest absolute Gasteiger partial charge is 0.380 e. The normalized spacial score (nSPS) is 16.1. The van der Waals surface area contributed by atoms with Gasteiger partial charge in [0.1, 0.15) is 23.5 Å². The van der Waals surface area contributed by atoms with Crippen molar-refractivity contribution >= 4 is 34.9 Å². The van der Waals surface area contributed by atoms with Gasteiger partial charge in [-0.3, -0.25) is 14.2 Å². The van der Waals surface area contributed by atoms with Crippen molar-refractivity contribution < 1.29 is 18.7 Å². The highest BCUT2D eigenvalue weighted by molar-refractivity contribution is 6.30. The number of ether oxygens (including phenoxy) is 1. The number of carbonyl (C=O) groups excluding carboxylic acids is 2. The van der Waals surface area contributed by atoms with Gasteiger partial charge >= 0.3 is 6.03 Å². The van der Waals surface area contributed by atoms with Gasteiger partial charge in [-0.15, -0.1) is 0 Å². The lowest BCUT2D eigenvalue weighted by Crippen LogP contribution is -2.45. The zero-order chi connectivity index (χ0) is 29.8. The van der Waals surface area contributed by atoms with E-state index in [4.69, 9.17) is 16.3 Å². The summed E-state index contributed by atoms with van der Waals surface area (Å²) in [7, 11) is 1.49. The first-order valence-corrected chi connectivity index (χ1v) is 13.3. The maximum absolute atomic E-state index is 15.3. The van der Waals surface area contributed by atoms with E-state index < -0.39 is 29.4 Å². The molecule has 1 aliphatic rings. The Morgan fingerprint density at radius 2 is 1.76 bits per heavy atom. The highest BCUT2D eigenvalue weighted by Crippen LogP contribution is 2.26. The van der Waals surface area contributed by atoms with E-state index >= 15 is 4.39 Å². The van der Waals surface area contributed by atoms with Crippen LogP contribution in [0.5, 0.6) is 0 Å². The second kappa shape index (κ2) is 12.3. The minimum atomic E-state index is -0.926. The van der Waals surface area contributed by atoms with E-state index in [2.05, 4.69) is 10.6 Å². The first-order chi connectivity index (χ1) is 20.3. The van der Waals surface area contributed by atoms with E-state index in [1.54, 1.807) is 24.3 Å². The van der Waals surface area contributed by atoms with E-state index in [1.165, 1.54) is 41.0 Å². The molecule has 2 N–H and O–H groups in total. The molecule has 0 saturated carbocycles. The fourth-order valence-corrected chi connectivity index (χ4v) is 4.91. The molecule has 3 amide bonds. The molecule has 0 bridgehead atoms. The van der Waals surface area contributed by atoms with Gasteiger partial charge in [-0.25, -0.2) is 9.18 Å². The Balaban J connectivity index is 1.37. The molecule has 5 rings (SSSR count). The molecule has 42 heavy (non-hydrogen) atoms. The summed E-state index contributed by atoms with van der Waals surface area (Å²) >= 11 is 5.91. The number of aromatic nitrogens is 1. The molecule has 1 fully saturated rings. The van der Waals surface area contributed by atoms with Crippen LogP contribution >= 0.6 is 11.6 Å². The Labute approximate surface area is 245 Å².